The van der Waals surface area contributed by atoms with Crippen molar-refractivity contribution < 1.29 is 13.5 Å². The van der Waals surface area contributed by atoms with Gasteiger partial charge in [-0.1, -0.05) is 32.0 Å². The number of hydrogen-bond acceptors (Lipinski definition) is 4. The second-order valence-electron chi connectivity index (χ2n) is 6.53. The van der Waals surface area contributed by atoms with Crippen LogP contribution in [0.25, 0.3) is 10.9 Å². The third-order valence-electron chi connectivity index (χ3n) is 4.91. The van der Waals surface area contributed by atoms with Crippen molar-refractivity contribution in [2.24, 2.45) is 5.92 Å². The molecule has 0 bridgehead atoms. The molecule has 1 fully saturated rings. The summed E-state index contributed by atoms with van der Waals surface area (Å²) < 4.78 is 29.6. The molecule has 2 aromatic rings. The highest BCUT2D eigenvalue weighted by molar-refractivity contribution is 7.87. The summed E-state index contributed by atoms with van der Waals surface area (Å²) in [5.41, 5.74) is 1.72. The summed E-state index contributed by atoms with van der Waals surface area (Å²) in [6.07, 6.45) is 2.58. The largest absolute Gasteiger partial charge is 0.393 e. The smallest absolute Gasteiger partial charge is 0.279 e. The summed E-state index contributed by atoms with van der Waals surface area (Å²) in [5.74, 6) is 0.0725. The van der Waals surface area contributed by atoms with E-state index in [1.54, 1.807) is 6.20 Å². The highest BCUT2D eigenvalue weighted by Gasteiger charge is 2.38. The lowest BCUT2D eigenvalue weighted by atomic mass is 9.75. The quantitative estimate of drug-likeness (QED) is 0.790. The minimum absolute atomic E-state index is 0.0725. The van der Waals surface area contributed by atoms with E-state index in [0.29, 0.717) is 25.9 Å². The van der Waals surface area contributed by atoms with Crippen molar-refractivity contribution in [3.8, 4) is 0 Å². The molecule has 6 nitrogen and oxygen atoms in total. The van der Waals surface area contributed by atoms with Crippen molar-refractivity contribution >= 4 is 21.1 Å². The average Bonchev–Trinajstić information content (AvgIpc) is 2.57. The summed E-state index contributed by atoms with van der Waals surface area (Å²) in [7, 11) is -3.59. The van der Waals surface area contributed by atoms with Crippen molar-refractivity contribution in [2.75, 3.05) is 13.1 Å². The Morgan fingerprint density at radius 3 is 2.60 bits per heavy atom. The maximum atomic E-state index is 12.7. The number of aliphatic hydroxyl groups excluding tert-OH is 1. The molecule has 3 rings (SSSR count). The predicted molar refractivity (Wildman–Crippen MR) is 98.2 cm³/mol. The van der Waals surface area contributed by atoms with E-state index in [0.717, 1.165) is 16.5 Å². The SMILES string of the molecule is CCN(CC)S(=O)(=O)NC(c1cnc2ccccc2c1)C1CC(O)C1. The van der Waals surface area contributed by atoms with Crippen molar-refractivity contribution in [3.05, 3.63) is 42.1 Å². The van der Waals surface area contributed by atoms with Gasteiger partial charge in [-0.3, -0.25) is 4.98 Å². The van der Waals surface area contributed by atoms with Crippen LogP contribution in [0, 0.1) is 5.92 Å². The maximum Gasteiger partial charge on any atom is 0.279 e. The Balaban J connectivity index is 1.94. The molecule has 0 aliphatic heterocycles. The number of nitrogens with zero attached hydrogens (tertiary/aromatic N) is 2. The molecule has 1 atom stereocenters. The van der Waals surface area contributed by atoms with E-state index in [4.69, 9.17) is 0 Å². The predicted octanol–water partition coefficient (Wildman–Crippen LogP) is 2.22. The van der Waals surface area contributed by atoms with Gasteiger partial charge in [-0.25, -0.2) is 0 Å². The minimum atomic E-state index is -3.59. The highest BCUT2D eigenvalue weighted by Crippen LogP contribution is 2.39. The first-order valence-corrected chi connectivity index (χ1v) is 10.2. The van der Waals surface area contributed by atoms with Crippen LogP contribution in [0.1, 0.15) is 38.3 Å². The molecule has 1 aromatic heterocycles. The Bertz CT molecular complexity index is 830. The van der Waals surface area contributed by atoms with Crippen LogP contribution in [0.3, 0.4) is 0 Å². The van der Waals surface area contributed by atoms with Crippen molar-refractivity contribution in [2.45, 2.75) is 38.8 Å². The number of benzene rings is 1. The zero-order chi connectivity index (χ0) is 18.0. The van der Waals surface area contributed by atoms with E-state index < -0.39 is 10.2 Å². The van der Waals surface area contributed by atoms with Gasteiger partial charge >= 0.3 is 0 Å². The molecule has 0 radical (unpaired) electrons. The summed E-state index contributed by atoms with van der Waals surface area (Å²) in [6.45, 7) is 4.48. The summed E-state index contributed by atoms with van der Waals surface area (Å²) >= 11 is 0. The molecule has 0 amide bonds. The van der Waals surface area contributed by atoms with Gasteiger partial charge in [0.15, 0.2) is 0 Å². The van der Waals surface area contributed by atoms with Crippen LogP contribution in [0.5, 0.6) is 0 Å². The molecule has 2 N–H and O–H groups in total. The molecule has 25 heavy (non-hydrogen) atoms. The first-order valence-electron chi connectivity index (χ1n) is 8.74. The molecule has 0 saturated heterocycles. The Labute approximate surface area is 149 Å². The minimum Gasteiger partial charge on any atom is -0.393 e. The fourth-order valence-electron chi connectivity index (χ4n) is 3.40. The van der Waals surface area contributed by atoms with E-state index in [9.17, 15) is 13.5 Å². The Hall–Kier alpha value is -1.54. The zero-order valence-electron chi connectivity index (χ0n) is 14.6. The second-order valence-corrected chi connectivity index (χ2v) is 8.23. The molecule has 1 aromatic carbocycles. The molecule has 1 saturated carbocycles. The number of para-hydroxylation sites is 1. The number of hydrogen-bond donors (Lipinski definition) is 2. The number of rotatable bonds is 7. The monoisotopic (exact) mass is 363 g/mol. The maximum absolute atomic E-state index is 12.7. The van der Waals surface area contributed by atoms with Crippen LogP contribution in [-0.4, -0.2) is 42.0 Å². The molecule has 1 aliphatic rings. The lowest BCUT2D eigenvalue weighted by Gasteiger charge is -2.38. The molecular weight excluding hydrogens is 338 g/mol. The molecule has 1 heterocycles. The Kier molecular flexibility index (Phi) is 5.38. The van der Waals surface area contributed by atoms with Crippen molar-refractivity contribution in [1.82, 2.24) is 14.0 Å². The fraction of sp³-hybridized carbons (Fsp3) is 0.500. The average molecular weight is 363 g/mol. The zero-order valence-corrected chi connectivity index (χ0v) is 15.4. The normalized spacial score (nSPS) is 22.1. The van der Waals surface area contributed by atoms with Crippen LogP contribution >= 0.6 is 0 Å². The number of aromatic nitrogens is 1. The van der Waals surface area contributed by atoms with Gasteiger partial charge in [0.25, 0.3) is 10.2 Å². The van der Waals surface area contributed by atoms with Gasteiger partial charge in [0.2, 0.25) is 0 Å². The molecule has 1 unspecified atom stereocenters. The number of aliphatic hydroxyl groups is 1. The lowest BCUT2D eigenvalue weighted by Crippen LogP contribution is -2.47. The number of pyridine rings is 1. The van der Waals surface area contributed by atoms with Gasteiger partial charge in [0.05, 0.1) is 17.7 Å². The van der Waals surface area contributed by atoms with Crippen LogP contribution < -0.4 is 4.72 Å². The van der Waals surface area contributed by atoms with Crippen LogP contribution in [0.2, 0.25) is 0 Å². The van der Waals surface area contributed by atoms with Gasteiger partial charge in [-0.15, -0.1) is 0 Å². The first-order chi connectivity index (χ1) is 11.9. The van der Waals surface area contributed by atoms with Crippen LogP contribution in [-0.2, 0) is 10.2 Å². The van der Waals surface area contributed by atoms with Gasteiger partial charge in [0.1, 0.15) is 0 Å². The summed E-state index contributed by atoms with van der Waals surface area (Å²) in [6, 6.07) is 9.38. The van der Waals surface area contributed by atoms with Gasteiger partial charge in [0, 0.05) is 24.7 Å². The van der Waals surface area contributed by atoms with Crippen molar-refractivity contribution in [1.29, 1.82) is 0 Å². The van der Waals surface area contributed by atoms with E-state index in [1.807, 2.05) is 44.2 Å². The molecule has 7 heteroatoms. The third kappa shape index (κ3) is 3.84. The Morgan fingerprint density at radius 2 is 1.96 bits per heavy atom. The van der Waals surface area contributed by atoms with Crippen LogP contribution in [0.4, 0.5) is 0 Å². The second kappa shape index (κ2) is 7.37. The standard InChI is InChI=1S/C18H25N3O3S/c1-3-21(4-2)25(23,24)20-18(14-10-16(22)11-14)15-9-13-7-5-6-8-17(13)19-12-15/h5-9,12,14,16,18,20,22H,3-4,10-11H2,1-2H3. The Morgan fingerprint density at radius 1 is 1.28 bits per heavy atom. The highest BCUT2D eigenvalue weighted by atomic mass is 32.2. The molecule has 1 aliphatic carbocycles. The first kappa shape index (κ1) is 18.3. The van der Waals surface area contributed by atoms with Gasteiger partial charge in [-0.2, -0.15) is 17.4 Å². The van der Waals surface area contributed by atoms with Crippen LogP contribution in [0.15, 0.2) is 36.5 Å². The van der Waals surface area contributed by atoms with Crippen molar-refractivity contribution in [3.63, 3.8) is 0 Å². The fourth-order valence-corrected chi connectivity index (χ4v) is 4.87. The molecular formula is C18H25N3O3S. The summed E-state index contributed by atoms with van der Waals surface area (Å²) in [5, 5.41) is 10.7. The number of fused-ring (bicyclic) bond motifs is 1. The van der Waals surface area contributed by atoms with Gasteiger partial charge in [-0.05, 0) is 36.5 Å². The summed E-state index contributed by atoms with van der Waals surface area (Å²) in [4.78, 5) is 4.47. The van der Waals surface area contributed by atoms with E-state index >= 15 is 0 Å². The van der Waals surface area contributed by atoms with E-state index in [2.05, 4.69) is 9.71 Å². The van der Waals surface area contributed by atoms with Gasteiger partial charge < -0.3 is 5.11 Å². The number of nitrogens with one attached hydrogen (secondary N) is 1. The topological polar surface area (TPSA) is 82.5 Å². The van der Waals surface area contributed by atoms with E-state index in [1.165, 1.54) is 4.31 Å². The molecule has 136 valence electrons. The third-order valence-corrected chi connectivity index (χ3v) is 6.66. The lowest BCUT2D eigenvalue weighted by molar-refractivity contribution is 0.0277. The van der Waals surface area contributed by atoms with E-state index in [-0.39, 0.29) is 18.1 Å². The molecule has 0 spiro atoms.